The highest BCUT2D eigenvalue weighted by molar-refractivity contribution is 5.85. The van der Waals surface area contributed by atoms with Crippen LogP contribution in [0, 0.1) is 0 Å². The van der Waals surface area contributed by atoms with Crippen LogP contribution in [0.3, 0.4) is 0 Å². The largest absolute Gasteiger partial charge is 0.351 e. The number of fused-ring (bicyclic) bond motifs is 1. The molecule has 2 N–H and O–H groups in total. The van der Waals surface area contributed by atoms with Crippen LogP contribution >= 0.6 is 12.4 Å². The lowest BCUT2D eigenvalue weighted by Gasteiger charge is -2.09. The Morgan fingerprint density at radius 1 is 1.21 bits per heavy atom. The summed E-state index contributed by atoms with van der Waals surface area (Å²) in [4.78, 5) is 29.0. The van der Waals surface area contributed by atoms with Crippen LogP contribution in [0.15, 0.2) is 28.0 Å². The molecule has 8 nitrogen and oxygen atoms in total. The van der Waals surface area contributed by atoms with Crippen molar-refractivity contribution >= 4 is 18.1 Å². The normalized spacial score (nSPS) is 14.1. The van der Waals surface area contributed by atoms with Crippen LogP contribution in [0.4, 0.5) is 0 Å². The molecule has 3 aromatic rings. The molecule has 0 bridgehead atoms. The van der Waals surface area contributed by atoms with Gasteiger partial charge in [-0.3, -0.25) is 0 Å². The van der Waals surface area contributed by atoms with Crippen LogP contribution < -0.4 is 17.1 Å². The van der Waals surface area contributed by atoms with Crippen LogP contribution in [-0.2, 0) is 20.6 Å². The van der Waals surface area contributed by atoms with Crippen LogP contribution in [-0.4, -0.2) is 23.3 Å². The van der Waals surface area contributed by atoms with Crippen molar-refractivity contribution < 1.29 is 0 Å². The number of nitrogens with zero attached hydrogens (tertiary/aromatic N) is 5. The van der Waals surface area contributed by atoms with E-state index in [2.05, 4.69) is 4.98 Å². The second-order valence-electron chi connectivity index (χ2n) is 6.06. The molecule has 0 aliphatic heterocycles. The van der Waals surface area contributed by atoms with E-state index < -0.39 is 0 Å². The first-order valence-electron chi connectivity index (χ1n) is 7.58. The molecular formula is C15H19ClN6O2. The van der Waals surface area contributed by atoms with Crippen molar-refractivity contribution in [2.24, 2.45) is 19.8 Å². The Bertz CT molecular complexity index is 1040. The molecule has 1 aliphatic rings. The molecule has 9 heteroatoms. The number of hydrogen-bond acceptors (Lipinski definition) is 4. The molecule has 0 spiro atoms. The lowest BCUT2D eigenvalue weighted by atomic mass is 10.2. The first-order chi connectivity index (χ1) is 11.0. The van der Waals surface area contributed by atoms with Crippen LogP contribution in [0.1, 0.15) is 30.0 Å². The molecule has 0 atom stereocenters. The van der Waals surface area contributed by atoms with Crippen LogP contribution in [0.2, 0.25) is 0 Å². The fourth-order valence-corrected chi connectivity index (χ4v) is 2.97. The second-order valence-corrected chi connectivity index (χ2v) is 6.06. The minimum absolute atomic E-state index is 0. The van der Waals surface area contributed by atoms with E-state index in [9.17, 15) is 9.59 Å². The monoisotopic (exact) mass is 350 g/mol. The molecule has 128 valence electrons. The molecule has 4 rings (SSSR count). The van der Waals surface area contributed by atoms with Crippen molar-refractivity contribution in [1.82, 2.24) is 23.3 Å². The Hall–Kier alpha value is -2.32. The number of halogens is 1. The molecule has 1 saturated carbocycles. The number of nitrogens with two attached hydrogens (primary N) is 1. The molecular weight excluding hydrogens is 332 g/mol. The standard InChI is InChI=1S/C15H18N6O2.ClH/c1-18-14(22)19(2)21(15(18)23)12-5-10(9-3-4-9)7-20-8-11(6-16)17-13(12)20;/h5,7-9H,3-4,6,16H2,1-2H3;1H. The fraction of sp³-hybridized carbons (Fsp3) is 0.400. The number of aromatic nitrogens is 5. The van der Waals surface area contributed by atoms with E-state index in [1.54, 1.807) is 7.05 Å². The Labute approximate surface area is 143 Å². The van der Waals surface area contributed by atoms with Gasteiger partial charge in [-0.15, -0.1) is 12.4 Å². The number of rotatable bonds is 3. The highest BCUT2D eigenvalue weighted by Crippen LogP contribution is 2.40. The number of hydrogen-bond donors (Lipinski definition) is 1. The zero-order valence-electron chi connectivity index (χ0n) is 13.5. The zero-order valence-corrected chi connectivity index (χ0v) is 14.3. The van der Waals surface area contributed by atoms with Gasteiger partial charge in [0.15, 0.2) is 5.65 Å². The summed E-state index contributed by atoms with van der Waals surface area (Å²) in [5.41, 5.74) is 8.07. The van der Waals surface area contributed by atoms with E-state index in [1.165, 1.54) is 16.4 Å². The highest BCUT2D eigenvalue weighted by atomic mass is 35.5. The maximum absolute atomic E-state index is 12.5. The van der Waals surface area contributed by atoms with Gasteiger partial charge in [0.25, 0.3) is 0 Å². The van der Waals surface area contributed by atoms with Gasteiger partial charge >= 0.3 is 11.4 Å². The van der Waals surface area contributed by atoms with E-state index in [4.69, 9.17) is 5.73 Å². The molecule has 1 aliphatic carbocycles. The predicted molar refractivity (Wildman–Crippen MR) is 92.1 cm³/mol. The zero-order chi connectivity index (χ0) is 16.3. The van der Waals surface area contributed by atoms with Crippen molar-refractivity contribution in [3.8, 4) is 5.69 Å². The second kappa shape index (κ2) is 5.64. The topological polar surface area (TPSA) is 92.2 Å². The highest BCUT2D eigenvalue weighted by Gasteiger charge is 2.26. The lowest BCUT2D eigenvalue weighted by molar-refractivity contribution is 0.627. The summed E-state index contributed by atoms with van der Waals surface area (Å²) in [5, 5.41) is 0. The summed E-state index contributed by atoms with van der Waals surface area (Å²) in [6, 6.07) is 1.96. The van der Waals surface area contributed by atoms with E-state index in [-0.39, 0.29) is 23.8 Å². The summed E-state index contributed by atoms with van der Waals surface area (Å²) in [6.07, 6.45) is 6.20. The van der Waals surface area contributed by atoms with Crippen molar-refractivity contribution in [3.05, 3.63) is 50.7 Å². The van der Waals surface area contributed by atoms with Crippen LogP contribution in [0.25, 0.3) is 11.3 Å². The van der Waals surface area contributed by atoms with Crippen LogP contribution in [0.5, 0.6) is 0 Å². The molecule has 0 saturated heterocycles. The molecule has 3 heterocycles. The van der Waals surface area contributed by atoms with Gasteiger partial charge in [-0.05, 0) is 30.4 Å². The summed E-state index contributed by atoms with van der Waals surface area (Å²) < 4.78 is 5.67. The molecule has 3 aromatic heterocycles. The predicted octanol–water partition coefficient (Wildman–Crippen LogP) is 0.280. The number of imidazole rings is 1. The smallest absolute Gasteiger partial charge is 0.325 e. The maximum Gasteiger partial charge on any atom is 0.351 e. The molecule has 0 amide bonds. The minimum atomic E-state index is -0.385. The average Bonchev–Trinajstić information content (AvgIpc) is 3.28. The molecule has 0 unspecified atom stereocenters. The summed E-state index contributed by atoms with van der Waals surface area (Å²) in [7, 11) is 3.05. The Kier molecular flexibility index (Phi) is 3.89. The molecule has 0 aromatic carbocycles. The average molecular weight is 351 g/mol. The van der Waals surface area contributed by atoms with Gasteiger partial charge in [0.1, 0.15) is 5.69 Å². The molecule has 24 heavy (non-hydrogen) atoms. The molecule has 0 radical (unpaired) electrons. The van der Waals surface area contributed by atoms with Gasteiger partial charge < -0.3 is 10.1 Å². The van der Waals surface area contributed by atoms with Crippen molar-refractivity contribution in [2.45, 2.75) is 25.3 Å². The third-order valence-corrected chi connectivity index (χ3v) is 4.42. The third kappa shape index (κ3) is 2.30. The number of pyridine rings is 1. The fourth-order valence-electron chi connectivity index (χ4n) is 2.97. The van der Waals surface area contributed by atoms with Gasteiger partial charge in [-0.1, -0.05) is 0 Å². The summed E-state index contributed by atoms with van der Waals surface area (Å²) >= 11 is 0. The third-order valence-electron chi connectivity index (χ3n) is 4.42. The first-order valence-corrected chi connectivity index (χ1v) is 7.58. The van der Waals surface area contributed by atoms with E-state index in [0.717, 1.165) is 28.7 Å². The van der Waals surface area contributed by atoms with E-state index in [0.29, 0.717) is 23.8 Å². The van der Waals surface area contributed by atoms with E-state index in [1.807, 2.05) is 22.9 Å². The SMILES string of the molecule is Cl.Cn1c(=O)n(C)n(-c2cc(C3CC3)cn3cc(CN)nc23)c1=O. The van der Waals surface area contributed by atoms with Gasteiger partial charge in [-0.25, -0.2) is 23.8 Å². The quantitative estimate of drug-likeness (QED) is 0.734. The summed E-state index contributed by atoms with van der Waals surface area (Å²) in [6.45, 7) is 0.322. The van der Waals surface area contributed by atoms with Gasteiger partial charge in [0.05, 0.1) is 5.69 Å². The van der Waals surface area contributed by atoms with Gasteiger partial charge in [0, 0.05) is 33.0 Å². The van der Waals surface area contributed by atoms with Gasteiger partial charge in [0.2, 0.25) is 0 Å². The maximum atomic E-state index is 12.5. The first kappa shape index (κ1) is 16.5. The van der Waals surface area contributed by atoms with Gasteiger partial charge in [-0.2, -0.15) is 4.68 Å². The summed E-state index contributed by atoms with van der Waals surface area (Å²) in [5.74, 6) is 0.512. The minimum Gasteiger partial charge on any atom is -0.325 e. The van der Waals surface area contributed by atoms with Crippen molar-refractivity contribution in [2.75, 3.05) is 0 Å². The Morgan fingerprint density at radius 2 is 1.92 bits per heavy atom. The lowest BCUT2D eigenvalue weighted by Crippen LogP contribution is -2.25. The van der Waals surface area contributed by atoms with Crippen molar-refractivity contribution in [1.29, 1.82) is 0 Å². The molecule has 1 fully saturated rings. The Balaban J connectivity index is 0.00000169. The Morgan fingerprint density at radius 3 is 2.46 bits per heavy atom. The van der Waals surface area contributed by atoms with Crippen molar-refractivity contribution in [3.63, 3.8) is 0 Å². The van der Waals surface area contributed by atoms with E-state index >= 15 is 0 Å².